The predicted molar refractivity (Wildman–Crippen MR) is 72.0 cm³/mol. The molecule has 0 bridgehead atoms. The number of rotatable bonds is 5. The molecule has 0 amide bonds. The number of nitrogens with one attached hydrogen (secondary N) is 1. The van der Waals surface area contributed by atoms with E-state index in [9.17, 15) is 9.50 Å². The molecular weight excluding hydrogens is 243 g/mol. The number of benzene rings is 1. The highest BCUT2D eigenvalue weighted by Crippen LogP contribution is 2.17. The summed E-state index contributed by atoms with van der Waals surface area (Å²) in [6.45, 7) is 2.23. The van der Waals surface area contributed by atoms with Crippen LogP contribution in [-0.4, -0.2) is 16.6 Å². The molecule has 100 valence electrons. The van der Waals surface area contributed by atoms with Crippen LogP contribution >= 0.6 is 0 Å². The molecule has 0 fully saturated rings. The summed E-state index contributed by atoms with van der Waals surface area (Å²) in [5, 5.41) is 13.1. The number of hydrogen-bond acceptors (Lipinski definition) is 3. The highest BCUT2D eigenvalue weighted by molar-refractivity contribution is 5.20. The van der Waals surface area contributed by atoms with E-state index in [1.54, 1.807) is 24.4 Å². The van der Waals surface area contributed by atoms with Crippen molar-refractivity contribution < 1.29 is 9.50 Å². The van der Waals surface area contributed by atoms with E-state index in [1.165, 1.54) is 6.07 Å². The lowest BCUT2D eigenvalue weighted by molar-refractivity contribution is 0.166. The number of aromatic nitrogens is 1. The van der Waals surface area contributed by atoms with Gasteiger partial charge in [0.25, 0.3) is 0 Å². The average Bonchev–Trinajstić information content (AvgIpc) is 2.46. The molecule has 2 aromatic rings. The molecule has 0 radical (unpaired) electrons. The van der Waals surface area contributed by atoms with Gasteiger partial charge in [-0.1, -0.05) is 24.3 Å². The first-order chi connectivity index (χ1) is 9.18. The van der Waals surface area contributed by atoms with Gasteiger partial charge in [-0.2, -0.15) is 0 Å². The molecule has 2 atom stereocenters. The summed E-state index contributed by atoms with van der Waals surface area (Å²) in [6, 6.07) is 11.9. The molecule has 1 aromatic carbocycles. The van der Waals surface area contributed by atoms with Gasteiger partial charge in [0.1, 0.15) is 5.82 Å². The van der Waals surface area contributed by atoms with Crippen molar-refractivity contribution in [3.8, 4) is 0 Å². The van der Waals surface area contributed by atoms with Crippen molar-refractivity contribution in [3.63, 3.8) is 0 Å². The summed E-state index contributed by atoms with van der Waals surface area (Å²) >= 11 is 0. The minimum atomic E-state index is -0.868. The zero-order valence-corrected chi connectivity index (χ0v) is 10.8. The smallest absolute Gasteiger partial charge is 0.129 e. The highest BCUT2D eigenvalue weighted by atomic mass is 19.1. The van der Waals surface area contributed by atoms with E-state index in [0.717, 1.165) is 5.69 Å². The Morgan fingerprint density at radius 3 is 2.63 bits per heavy atom. The number of aliphatic hydroxyl groups is 1. The van der Waals surface area contributed by atoms with Gasteiger partial charge < -0.3 is 10.4 Å². The van der Waals surface area contributed by atoms with Gasteiger partial charge in [0.15, 0.2) is 0 Å². The van der Waals surface area contributed by atoms with E-state index in [-0.39, 0.29) is 18.4 Å². The molecule has 4 heteroatoms. The van der Waals surface area contributed by atoms with Crippen molar-refractivity contribution >= 4 is 0 Å². The van der Waals surface area contributed by atoms with Crippen LogP contribution in [0.3, 0.4) is 0 Å². The van der Waals surface area contributed by atoms with Crippen molar-refractivity contribution in [2.75, 3.05) is 6.54 Å². The summed E-state index contributed by atoms with van der Waals surface area (Å²) in [6.07, 6.45) is 0.855. The van der Waals surface area contributed by atoms with Crippen molar-refractivity contribution in [2.45, 2.75) is 19.1 Å². The Bertz CT molecular complexity index is 519. The minimum absolute atomic E-state index is 0.00243. The average molecular weight is 260 g/mol. The summed E-state index contributed by atoms with van der Waals surface area (Å²) < 4.78 is 13.5. The van der Waals surface area contributed by atoms with Crippen LogP contribution in [-0.2, 0) is 0 Å². The topological polar surface area (TPSA) is 45.1 Å². The Balaban J connectivity index is 1.94. The van der Waals surface area contributed by atoms with Crippen LogP contribution in [0.5, 0.6) is 0 Å². The number of pyridine rings is 1. The molecule has 3 nitrogen and oxygen atoms in total. The second-order valence-electron chi connectivity index (χ2n) is 4.42. The molecule has 0 saturated carbocycles. The van der Waals surface area contributed by atoms with E-state index in [2.05, 4.69) is 10.3 Å². The Morgan fingerprint density at radius 1 is 1.21 bits per heavy atom. The van der Waals surface area contributed by atoms with Gasteiger partial charge in [0, 0.05) is 24.3 Å². The molecule has 2 rings (SSSR count). The maximum atomic E-state index is 13.5. The summed E-state index contributed by atoms with van der Waals surface area (Å²) in [4.78, 5) is 4.23. The predicted octanol–water partition coefficient (Wildman–Crippen LogP) is 2.60. The fourth-order valence-electron chi connectivity index (χ4n) is 1.88. The Labute approximate surface area is 112 Å². The molecular formula is C15H17FN2O. The molecule has 0 aliphatic carbocycles. The normalized spacial score (nSPS) is 14.1. The third-order valence-electron chi connectivity index (χ3n) is 3.01. The molecule has 0 spiro atoms. The van der Waals surface area contributed by atoms with Gasteiger partial charge in [-0.3, -0.25) is 4.98 Å². The summed E-state index contributed by atoms with van der Waals surface area (Å²) in [7, 11) is 0. The molecule has 1 unspecified atom stereocenters. The van der Waals surface area contributed by atoms with Crippen molar-refractivity contribution in [3.05, 3.63) is 65.7 Å². The van der Waals surface area contributed by atoms with Crippen LogP contribution in [0.15, 0.2) is 48.7 Å². The fourth-order valence-corrected chi connectivity index (χ4v) is 1.88. The van der Waals surface area contributed by atoms with Crippen LogP contribution in [0.2, 0.25) is 0 Å². The maximum absolute atomic E-state index is 13.5. The number of nitrogens with zero attached hydrogens (tertiary/aromatic N) is 1. The van der Waals surface area contributed by atoms with E-state index < -0.39 is 6.10 Å². The van der Waals surface area contributed by atoms with Gasteiger partial charge in [-0.15, -0.1) is 0 Å². The summed E-state index contributed by atoms with van der Waals surface area (Å²) in [5.74, 6) is -0.387. The molecule has 2 N–H and O–H groups in total. The Hall–Kier alpha value is -1.78. The SMILES string of the molecule is C[C@@H](NCC(O)c1ccccc1F)c1ccccn1. The zero-order chi connectivity index (χ0) is 13.7. The van der Waals surface area contributed by atoms with Crippen LogP contribution in [0.4, 0.5) is 4.39 Å². The van der Waals surface area contributed by atoms with Crippen molar-refractivity contribution in [2.24, 2.45) is 0 Å². The second kappa shape index (κ2) is 6.41. The number of aliphatic hydroxyl groups excluding tert-OH is 1. The van der Waals surface area contributed by atoms with Crippen molar-refractivity contribution in [1.29, 1.82) is 0 Å². The van der Waals surface area contributed by atoms with Gasteiger partial charge >= 0.3 is 0 Å². The third kappa shape index (κ3) is 3.59. The summed E-state index contributed by atoms with van der Waals surface area (Å²) in [5.41, 5.74) is 1.20. The lowest BCUT2D eigenvalue weighted by atomic mass is 10.1. The van der Waals surface area contributed by atoms with Crippen LogP contribution in [0.25, 0.3) is 0 Å². The largest absolute Gasteiger partial charge is 0.387 e. The standard InChI is InChI=1S/C15H17FN2O/c1-11(14-8-4-5-9-17-14)18-10-15(19)12-6-2-3-7-13(12)16/h2-9,11,15,18-19H,10H2,1H3/t11-,15?/m1/s1. The van der Waals surface area contributed by atoms with Gasteiger partial charge in [-0.05, 0) is 25.1 Å². The molecule has 1 heterocycles. The van der Waals surface area contributed by atoms with Gasteiger partial charge in [-0.25, -0.2) is 4.39 Å². The molecule has 0 saturated heterocycles. The molecule has 0 aliphatic rings. The van der Waals surface area contributed by atoms with Crippen LogP contribution in [0.1, 0.15) is 30.3 Å². The second-order valence-corrected chi connectivity index (χ2v) is 4.42. The van der Waals surface area contributed by atoms with Crippen LogP contribution < -0.4 is 5.32 Å². The van der Waals surface area contributed by atoms with E-state index in [0.29, 0.717) is 5.56 Å². The Kier molecular flexibility index (Phi) is 4.60. The minimum Gasteiger partial charge on any atom is -0.387 e. The van der Waals surface area contributed by atoms with Gasteiger partial charge in [0.2, 0.25) is 0 Å². The van der Waals surface area contributed by atoms with Crippen molar-refractivity contribution in [1.82, 2.24) is 10.3 Å². The molecule has 19 heavy (non-hydrogen) atoms. The molecule has 0 aliphatic heterocycles. The first-order valence-electron chi connectivity index (χ1n) is 6.25. The first-order valence-corrected chi connectivity index (χ1v) is 6.25. The van der Waals surface area contributed by atoms with E-state index >= 15 is 0 Å². The maximum Gasteiger partial charge on any atom is 0.129 e. The van der Waals surface area contributed by atoms with E-state index in [4.69, 9.17) is 0 Å². The lowest BCUT2D eigenvalue weighted by Crippen LogP contribution is -2.25. The highest BCUT2D eigenvalue weighted by Gasteiger charge is 2.14. The number of halogens is 1. The Morgan fingerprint density at radius 2 is 1.95 bits per heavy atom. The van der Waals surface area contributed by atoms with Crippen LogP contribution in [0, 0.1) is 5.82 Å². The number of hydrogen-bond donors (Lipinski definition) is 2. The molecule has 1 aromatic heterocycles. The zero-order valence-electron chi connectivity index (χ0n) is 10.8. The lowest BCUT2D eigenvalue weighted by Gasteiger charge is -2.17. The third-order valence-corrected chi connectivity index (χ3v) is 3.01. The quantitative estimate of drug-likeness (QED) is 0.868. The monoisotopic (exact) mass is 260 g/mol. The first kappa shape index (κ1) is 13.6. The van der Waals surface area contributed by atoms with Gasteiger partial charge in [0.05, 0.1) is 11.8 Å². The van der Waals surface area contributed by atoms with E-state index in [1.807, 2.05) is 25.1 Å². The fraction of sp³-hybridized carbons (Fsp3) is 0.267.